The zero-order valence-electron chi connectivity index (χ0n) is 16.1. The molecular formula is C23H20N4O3. The predicted molar refractivity (Wildman–Crippen MR) is 115 cm³/mol. The number of hydrogen-bond donors (Lipinski definition) is 1. The molecule has 0 saturated carbocycles. The molecule has 30 heavy (non-hydrogen) atoms. The van der Waals surface area contributed by atoms with E-state index in [1.165, 1.54) is 16.8 Å². The molecule has 7 nitrogen and oxygen atoms in total. The molecule has 0 atom stereocenters. The van der Waals surface area contributed by atoms with E-state index in [0.717, 1.165) is 15.8 Å². The molecule has 0 fully saturated rings. The third-order valence-corrected chi connectivity index (χ3v) is 4.67. The van der Waals surface area contributed by atoms with Crippen LogP contribution in [0.4, 0.5) is 5.69 Å². The van der Waals surface area contributed by atoms with Crippen molar-refractivity contribution in [2.24, 2.45) is 0 Å². The van der Waals surface area contributed by atoms with Crippen molar-refractivity contribution >= 4 is 11.6 Å². The molecule has 4 aromatic rings. The molecular weight excluding hydrogens is 380 g/mol. The maximum Gasteiger partial charge on any atom is 0.331 e. The topological polar surface area (TPSA) is 78.0 Å². The van der Waals surface area contributed by atoms with Gasteiger partial charge in [0.1, 0.15) is 6.54 Å². The first-order valence-electron chi connectivity index (χ1n) is 9.48. The lowest BCUT2D eigenvalue weighted by Crippen LogP contribution is -2.41. The minimum absolute atomic E-state index is 0.320. The summed E-state index contributed by atoms with van der Waals surface area (Å²) in [5.74, 6) is -0.448. The fourth-order valence-corrected chi connectivity index (χ4v) is 3.20. The Morgan fingerprint density at radius 1 is 0.833 bits per heavy atom. The number of nitrogens with zero attached hydrogens (tertiary/aromatic N) is 3. The Balaban J connectivity index is 1.52. The highest BCUT2D eigenvalue weighted by atomic mass is 16.2. The van der Waals surface area contributed by atoms with Gasteiger partial charge in [0.2, 0.25) is 5.91 Å². The Morgan fingerprint density at radius 3 is 2.37 bits per heavy atom. The third kappa shape index (κ3) is 4.30. The van der Waals surface area contributed by atoms with Gasteiger partial charge in [-0.1, -0.05) is 36.4 Å². The molecule has 7 heteroatoms. The van der Waals surface area contributed by atoms with Crippen LogP contribution in [0.5, 0.6) is 0 Å². The molecule has 0 aliphatic carbocycles. The first-order chi connectivity index (χ1) is 14.6. The summed E-state index contributed by atoms with van der Waals surface area (Å²) in [5, 5.41) is 2.76. The Hall–Kier alpha value is -4.13. The molecule has 0 radical (unpaired) electrons. The van der Waals surface area contributed by atoms with Gasteiger partial charge in [-0.05, 0) is 35.9 Å². The van der Waals surface area contributed by atoms with Crippen LogP contribution in [0.1, 0.15) is 5.56 Å². The summed E-state index contributed by atoms with van der Waals surface area (Å²) in [6.45, 7) is -0.0401. The number of aromatic nitrogens is 3. The maximum atomic E-state index is 12.7. The molecule has 0 aliphatic heterocycles. The molecule has 0 aliphatic rings. The van der Waals surface area contributed by atoms with Crippen molar-refractivity contribution in [3.63, 3.8) is 0 Å². The Bertz CT molecular complexity index is 1270. The number of nitrogens with one attached hydrogen (secondary N) is 1. The van der Waals surface area contributed by atoms with Crippen LogP contribution < -0.4 is 16.6 Å². The van der Waals surface area contributed by atoms with E-state index in [-0.39, 0.29) is 6.54 Å². The van der Waals surface area contributed by atoms with Crippen LogP contribution in [-0.4, -0.2) is 19.6 Å². The van der Waals surface area contributed by atoms with Gasteiger partial charge in [-0.2, -0.15) is 0 Å². The Kier molecular flexibility index (Phi) is 5.43. The first-order valence-corrected chi connectivity index (χ1v) is 9.48. The van der Waals surface area contributed by atoms with E-state index in [2.05, 4.69) is 5.32 Å². The van der Waals surface area contributed by atoms with Crippen LogP contribution in [-0.2, 0) is 17.9 Å². The predicted octanol–water partition coefficient (Wildman–Crippen LogP) is 2.49. The summed E-state index contributed by atoms with van der Waals surface area (Å²) in [6.07, 6.45) is 5.26. The van der Waals surface area contributed by atoms with Crippen LogP contribution >= 0.6 is 0 Å². The van der Waals surface area contributed by atoms with Crippen molar-refractivity contribution in [2.45, 2.75) is 13.1 Å². The minimum atomic E-state index is -0.525. The number of benzene rings is 2. The summed E-state index contributed by atoms with van der Waals surface area (Å²) in [6, 6.07) is 21.9. The number of anilines is 1. The summed E-state index contributed by atoms with van der Waals surface area (Å²) in [4.78, 5) is 37.5. The largest absolute Gasteiger partial charge is 0.331 e. The highest BCUT2D eigenvalue weighted by Crippen LogP contribution is 2.14. The van der Waals surface area contributed by atoms with Crippen LogP contribution in [0.15, 0.2) is 101 Å². The lowest BCUT2D eigenvalue weighted by molar-refractivity contribution is -0.116. The fraction of sp³-hybridized carbons (Fsp3) is 0.0870. The van der Waals surface area contributed by atoms with Crippen LogP contribution in [0.3, 0.4) is 0 Å². The molecule has 150 valence electrons. The normalized spacial score (nSPS) is 10.7. The maximum absolute atomic E-state index is 12.7. The van der Waals surface area contributed by atoms with Crippen molar-refractivity contribution in [2.75, 3.05) is 5.32 Å². The molecule has 0 saturated heterocycles. The number of hydrogen-bond acceptors (Lipinski definition) is 3. The van der Waals surface area contributed by atoms with Crippen LogP contribution in [0.25, 0.3) is 5.69 Å². The summed E-state index contributed by atoms with van der Waals surface area (Å²) < 4.78 is 4.27. The van der Waals surface area contributed by atoms with Crippen molar-refractivity contribution in [1.82, 2.24) is 13.7 Å². The van der Waals surface area contributed by atoms with E-state index in [9.17, 15) is 14.4 Å². The second kappa shape index (κ2) is 8.48. The number of carbonyl (C=O) groups is 1. The number of rotatable bonds is 6. The molecule has 2 heterocycles. The molecule has 4 rings (SSSR count). The van der Waals surface area contributed by atoms with Crippen LogP contribution in [0, 0.1) is 0 Å². The van der Waals surface area contributed by atoms with E-state index in [1.54, 1.807) is 6.07 Å². The molecule has 1 N–H and O–H groups in total. The SMILES string of the molecule is O=C(Cn1c(=O)ccn(Cc2ccccc2)c1=O)Nc1cccc(-n2cccc2)c1. The van der Waals surface area contributed by atoms with Gasteiger partial charge in [-0.25, -0.2) is 4.79 Å². The lowest BCUT2D eigenvalue weighted by Gasteiger charge is -2.11. The van der Waals surface area contributed by atoms with Gasteiger partial charge in [-0.15, -0.1) is 0 Å². The quantitative estimate of drug-likeness (QED) is 0.540. The average Bonchev–Trinajstić information content (AvgIpc) is 3.29. The minimum Gasteiger partial charge on any atom is -0.324 e. The highest BCUT2D eigenvalue weighted by molar-refractivity contribution is 5.90. The second-order valence-electron chi connectivity index (χ2n) is 6.83. The third-order valence-electron chi connectivity index (χ3n) is 4.67. The van der Waals surface area contributed by atoms with Gasteiger partial charge in [0.25, 0.3) is 5.56 Å². The standard InChI is InChI=1S/C23H20N4O3/c28-21(24-19-9-6-10-20(15-19)25-12-4-5-13-25)17-27-22(29)11-14-26(23(27)30)16-18-7-2-1-3-8-18/h1-15H,16-17H2,(H,24,28). The zero-order chi connectivity index (χ0) is 20.9. The smallest absolute Gasteiger partial charge is 0.324 e. The molecule has 2 aromatic carbocycles. The first kappa shape index (κ1) is 19.2. The number of carbonyl (C=O) groups excluding carboxylic acids is 1. The van der Waals surface area contributed by atoms with Crippen molar-refractivity contribution in [3.8, 4) is 5.69 Å². The summed E-state index contributed by atoms with van der Waals surface area (Å²) >= 11 is 0. The van der Waals surface area contributed by atoms with E-state index in [0.29, 0.717) is 12.2 Å². The molecule has 0 bridgehead atoms. The highest BCUT2D eigenvalue weighted by Gasteiger charge is 2.11. The van der Waals surface area contributed by atoms with Crippen molar-refractivity contribution in [3.05, 3.63) is 118 Å². The van der Waals surface area contributed by atoms with Gasteiger partial charge >= 0.3 is 5.69 Å². The van der Waals surface area contributed by atoms with E-state index >= 15 is 0 Å². The van der Waals surface area contributed by atoms with Gasteiger partial charge in [-0.3, -0.25) is 18.7 Å². The second-order valence-corrected chi connectivity index (χ2v) is 6.83. The average molecular weight is 400 g/mol. The summed E-state index contributed by atoms with van der Waals surface area (Å²) in [7, 11) is 0. The van der Waals surface area contributed by atoms with E-state index in [4.69, 9.17) is 0 Å². The van der Waals surface area contributed by atoms with E-state index < -0.39 is 17.2 Å². The molecule has 1 amide bonds. The van der Waals surface area contributed by atoms with Gasteiger partial charge in [0.15, 0.2) is 0 Å². The van der Waals surface area contributed by atoms with Gasteiger partial charge in [0, 0.05) is 36.0 Å². The van der Waals surface area contributed by atoms with Gasteiger partial charge < -0.3 is 9.88 Å². The number of amides is 1. The van der Waals surface area contributed by atoms with Crippen molar-refractivity contribution in [1.29, 1.82) is 0 Å². The zero-order valence-corrected chi connectivity index (χ0v) is 16.1. The Morgan fingerprint density at radius 2 is 1.60 bits per heavy atom. The van der Waals surface area contributed by atoms with Crippen LogP contribution in [0.2, 0.25) is 0 Å². The Labute approximate surface area is 172 Å². The lowest BCUT2D eigenvalue weighted by atomic mass is 10.2. The van der Waals surface area contributed by atoms with Crippen molar-refractivity contribution < 1.29 is 4.79 Å². The van der Waals surface area contributed by atoms with Gasteiger partial charge in [0.05, 0.1) is 6.54 Å². The monoisotopic (exact) mass is 400 g/mol. The molecule has 0 unspecified atom stereocenters. The fourth-order valence-electron chi connectivity index (χ4n) is 3.20. The molecule has 0 spiro atoms. The van der Waals surface area contributed by atoms with E-state index in [1.807, 2.05) is 77.6 Å². The summed E-state index contributed by atoms with van der Waals surface area (Å²) in [5.41, 5.74) is 1.36. The molecule has 2 aromatic heterocycles.